The zero-order valence-electron chi connectivity index (χ0n) is 23.1. The highest BCUT2D eigenvalue weighted by Gasteiger charge is 2.32. The molecule has 3 aromatic rings. The molecule has 208 valence electrons. The average molecular weight is 537 g/mol. The Morgan fingerprint density at radius 1 is 0.825 bits per heavy atom. The summed E-state index contributed by atoms with van der Waals surface area (Å²) in [5.41, 5.74) is 13.8. The second-order valence-corrected chi connectivity index (χ2v) is 11.8. The molecule has 1 aliphatic heterocycles. The highest BCUT2D eigenvalue weighted by atomic mass is 16.2. The molecule has 6 heteroatoms. The van der Waals surface area contributed by atoms with Crippen LogP contribution in [0.25, 0.3) is 0 Å². The molecule has 3 aromatic carbocycles. The molecule has 6 nitrogen and oxygen atoms in total. The highest BCUT2D eigenvalue weighted by molar-refractivity contribution is 5.83. The second kappa shape index (κ2) is 11.9. The van der Waals surface area contributed by atoms with Gasteiger partial charge in [-0.05, 0) is 90.7 Å². The SMILES string of the molecule is NC(Cc1ccc(C2CNC(C(=O)NC3CCCc4ccccc43)C2)cc1)C(=O)NC1CCCc2ccccc21. The number of amides is 2. The first kappa shape index (κ1) is 26.7. The van der Waals surface area contributed by atoms with Crippen LogP contribution in [0.3, 0.4) is 0 Å². The van der Waals surface area contributed by atoms with Gasteiger partial charge in [0.25, 0.3) is 0 Å². The van der Waals surface area contributed by atoms with Crippen molar-refractivity contribution in [2.45, 2.75) is 81.5 Å². The van der Waals surface area contributed by atoms with Crippen molar-refractivity contribution in [1.82, 2.24) is 16.0 Å². The minimum absolute atomic E-state index is 0.0405. The minimum atomic E-state index is -0.592. The summed E-state index contributed by atoms with van der Waals surface area (Å²) in [5.74, 6) is 0.283. The van der Waals surface area contributed by atoms with Crippen molar-refractivity contribution in [3.05, 3.63) is 106 Å². The molecule has 3 aliphatic rings. The van der Waals surface area contributed by atoms with E-state index in [9.17, 15) is 9.59 Å². The van der Waals surface area contributed by atoms with Gasteiger partial charge in [0.2, 0.25) is 11.8 Å². The normalized spacial score (nSPS) is 24.4. The van der Waals surface area contributed by atoms with Gasteiger partial charge in [-0.25, -0.2) is 0 Å². The molecule has 1 heterocycles. The third-order valence-corrected chi connectivity index (χ3v) is 9.06. The first-order chi connectivity index (χ1) is 19.5. The van der Waals surface area contributed by atoms with Crippen molar-refractivity contribution in [3.8, 4) is 0 Å². The van der Waals surface area contributed by atoms with Crippen LogP contribution < -0.4 is 21.7 Å². The number of carbonyl (C=O) groups excluding carboxylic acids is 2. The smallest absolute Gasteiger partial charge is 0.237 e. The number of hydrogen-bond donors (Lipinski definition) is 4. The zero-order valence-corrected chi connectivity index (χ0v) is 23.1. The Balaban J connectivity index is 1.01. The van der Waals surface area contributed by atoms with Crippen LogP contribution >= 0.6 is 0 Å². The van der Waals surface area contributed by atoms with Crippen LogP contribution in [-0.4, -0.2) is 30.4 Å². The molecule has 6 rings (SSSR count). The summed E-state index contributed by atoms with van der Waals surface area (Å²) in [6.07, 6.45) is 7.56. The third kappa shape index (κ3) is 5.84. The van der Waals surface area contributed by atoms with E-state index in [0.717, 1.165) is 57.1 Å². The van der Waals surface area contributed by atoms with E-state index >= 15 is 0 Å². The molecule has 5 atom stereocenters. The largest absolute Gasteiger partial charge is 0.348 e. The van der Waals surface area contributed by atoms with Crippen LogP contribution in [0, 0.1) is 0 Å². The van der Waals surface area contributed by atoms with Crippen LogP contribution in [0.4, 0.5) is 0 Å². The van der Waals surface area contributed by atoms with Crippen molar-refractivity contribution < 1.29 is 9.59 Å². The minimum Gasteiger partial charge on any atom is -0.348 e. The van der Waals surface area contributed by atoms with Crippen LogP contribution in [0.15, 0.2) is 72.8 Å². The van der Waals surface area contributed by atoms with E-state index in [1.165, 1.54) is 27.8 Å². The lowest BCUT2D eigenvalue weighted by Crippen LogP contribution is -2.44. The number of nitrogens with two attached hydrogens (primary N) is 1. The number of rotatable bonds is 7. The molecule has 5 N–H and O–H groups in total. The number of carbonyl (C=O) groups is 2. The Bertz CT molecular complexity index is 1350. The Hall–Kier alpha value is -3.48. The van der Waals surface area contributed by atoms with Gasteiger partial charge in [-0.3, -0.25) is 9.59 Å². The second-order valence-electron chi connectivity index (χ2n) is 11.8. The fraction of sp³-hybridized carbons (Fsp3) is 0.412. The summed E-state index contributed by atoms with van der Waals surface area (Å²) < 4.78 is 0. The Kier molecular flexibility index (Phi) is 7.98. The van der Waals surface area contributed by atoms with Crippen LogP contribution in [0.5, 0.6) is 0 Å². The number of aryl methyl sites for hydroxylation is 2. The van der Waals surface area contributed by atoms with Crippen LogP contribution in [0.2, 0.25) is 0 Å². The van der Waals surface area contributed by atoms with Crippen LogP contribution in [-0.2, 0) is 28.9 Å². The molecule has 2 amide bonds. The van der Waals surface area contributed by atoms with Gasteiger partial charge in [-0.1, -0.05) is 72.8 Å². The fourth-order valence-corrected chi connectivity index (χ4v) is 6.82. The highest BCUT2D eigenvalue weighted by Crippen LogP contribution is 2.32. The summed E-state index contributed by atoms with van der Waals surface area (Å²) in [7, 11) is 0. The van der Waals surface area contributed by atoms with E-state index in [1.807, 2.05) is 6.07 Å². The summed E-state index contributed by atoms with van der Waals surface area (Å²) in [5, 5.41) is 9.94. The lowest BCUT2D eigenvalue weighted by atomic mass is 9.87. The molecule has 5 unspecified atom stereocenters. The molecule has 0 bridgehead atoms. The van der Waals surface area contributed by atoms with Crippen molar-refractivity contribution in [3.63, 3.8) is 0 Å². The van der Waals surface area contributed by atoms with Gasteiger partial charge >= 0.3 is 0 Å². The summed E-state index contributed by atoms with van der Waals surface area (Å²) in [4.78, 5) is 26.1. The predicted molar refractivity (Wildman–Crippen MR) is 158 cm³/mol. The maximum Gasteiger partial charge on any atom is 0.237 e. The predicted octanol–water partition coefficient (Wildman–Crippen LogP) is 4.39. The number of fused-ring (bicyclic) bond motifs is 2. The van der Waals surface area contributed by atoms with Gasteiger partial charge in [-0.15, -0.1) is 0 Å². The molecule has 0 saturated carbocycles. The maximum absolute atomic E-state index is 13.1. The van der Waals surface area contributed by atoms with Crippen molar-refractivity contribution in [2.75, 3.05) is 6.54 Å². The first-order valence-corrected chi connectivity index (χ1v) is 14.9. The van der Waals surface area contributed by atoms with E-state index < -0.39 is 6.04 Å². The molecule has 1 fully saturated rings. The van der Waals surface area contributed by atoms with Crippen LogP contribution in [0.1, 0.15) is 83.5 Å². The van der Waals surface area contributed by atoms with E-state index in [2.05, 4.69) is 82.7 Å². The van der Waals surface area contributed by atoms with Gasteiger partial charge in [-0.2, -0.15) is 0 Å². The van der Waals surface area contributed by atoms with E-state index in [1.54, 1.807) is 0 Å². The Morgan fingerprint density at radius 3 is 2.08 bits per heavy atom. The summed E-state index contributed by atoms with van der Waals surface area (Å²) in [6, 6.07) is 24.6. The van der Waals surface area contributed by atoms with Gasteiger partial charge in [0.15, 0.2) is 0 Å². The lowest BCUT2D eigenvalue weighted by Gasteiger charge is -2.27. The average Bonchev–Trinajstić information content (AvgIpc) is 3.49. The standard InChI is InChI=1S/C34H40N4O2/c35-29(33(39)37-30-13-5-9-24-7-1-3-11-27(24)30)19-22-15-17-23(18-16-22)26-20-32(36-21-26)34(40)38-31-14-6-10-25-8-2-4-12-28(25)31/h1-4,7-8,11-12,15-18,26,29-32,36H,5-6,9-10,13-14,19-21,35H2,(H,37,39)(H,38,40). The maximum atomic E-state index is 13.1. The fourth-order valence-electron chi connectivity index (χ4n) is 6.82. The molecule has 40 heavy (non-hydrogen) atoms. The topological polar surface area (TPSA) is 96.2 Å². The first-order valence-electron chi connectivity index (χ1n) is 14.9. The molecular formula is C34H40N4O2. The van der Waals surface area contributed by atoms with E-state index in [4.69, 9.17) is 5.73 Å². The monoisotopic (exact) mass is 536 g/mol. The summed E-state index contributed by atoms with van der Waals surface area (Å²) in [6.45, 7) is 0.781. The number of benzene rings is 3. The molecule has 1 saturated heterocycles. The molecule has 0 aromatic heterocycles. The van der Waals surface area contributed by atoms with Gasteiger partial charge in [0, 0.05) is 6.54 Å². The molecule has 0 radical (unpaired) electrons. The Morgan fingerprint density at radius 2 is 1.43 bits per heavy atom. The van der Waals surface area contributed by atoms with Crippen molar-refractivity contribution in [2.24, 2.45) is 5.73 Å². The summed E-state index contributed by atoms with van der Waals surface area (Å²) >= 11 is 0. The van der Waals surface area contributed by atoms with Crippen molar-refractivity contribution >= 4 is 11.8 Å². The lowest BCUT2D eigenvalue weighted by molar-refractivity contribution is -0.124. The van der Waals surface area contributed by atoms with Crippen molar-refractivity contribution in [1.29, 1.82) is 0 Å². The molecule has 2 aliphatic carbocycles. The molecular weight excluding hydrogens is 496 g/mol. The van der Waals surface area contributed by atoms with Gasteiger partial charge in [0.1, 0.15) is 0 Å². The zero-order chi connectivity index (χ0) is 27.5. The quantitative estimate of drug-likeness (QED) is 0.360. The molecule has 0 spiro atoms. The van der Waals surface area contributed by atoms with E-state index in [-0.39, 0.29) is 35.9 Å². The van der Waals surface area contributed by atoms with Gasteiger partial charge in [0.05, 0.1) is 24.2 Å². The number of hydrogen-bond acceptors (Lipinski definition) is 4. The van der Waals surface area contributed by atoms with Gasteiger partial charge < -0.3 is 21.7 Å². The number of nitrogens with one attached hydrogen (secondary N) is 3. The third-order valence-electron chi connectivity index (χ3n) is 9.06. The van der Waals surface area contributed by atoms with E-state index in [0.29, 0.717) is 6.42 Å². The Labute approximate surface area is 237 Å².